The molecule has 78 valence electrons. The Labute approximate surface area is 81.1 Å². The molecule has 0 aliphatic rings. The highest BCUT2D eigenvalue weighted by atomic mass is 16.5. The van der Waals surface area contributed by atoms with Crippen LogP contribution < -0.4 is 11.1 Å². The Kier molecular flexibility index (Phi) is 5.77. The number of amides is 2. The molecule has 0 atom stereocenters. The van der Waals surface area contributed by atoms with Gasteiger partial charge < -0.3 is 15.8 Å². The van der Waals surface area contributed by atoms with E-state index in [9.17, 15) is 14.4 Å². The minimum absolute atomic E-state index is 0.264. The van der Waals surface area contributed by atoms with Gasteiger partial charge in [0.2, 0.25) is 5.91 Å². The summed E-state index contributed by atoms with van der Waals surface area (Å²) in [6.07, 6.45) is 2.67. The van der Waals surface area contributed by atoms with Crippen molar-refractivity contribution in [3.05, 3.63) is 12.2 Å². The highest BCUT2D eigenvalue weighted by Gasteiger charge is 2.04. The van der Waals surface area contributed by atoms with E-state index < -0.39 is 24.4 Å². The molecule has 2 amide bonds. The first-order chi connectivity index (χ1) is 6.56. The maximum absolute atomic E-state index is 10.8. The number of hydrogen-bond donors (Lipinski definition) is 2. The molecule has 0 aromatic rings. The second kappa shape index (κ2) is 6.64. The van der Waals surface area contributed by atoms with Crippen LogP contribution in [0, 0.1) is 0 Å². The van der Waals surface area contributed by atoms with Gasteiger partial charge in [-0.1, -0.05) is 6.08 Å². The van der Waals surface area contributed by atoms with Crippen LogP contribution >= 0.6 is 0 Å². The van der Waals surface area contributed by atoms with Crippen molar-refractivity contribution in [3.8, 4) is 0 Å². The van der Waals surface area contributed by atoms with Gasteiger partial charge in [0.1, 0.15) is 0 Å². The number of esters is 1. The molecule has 0 unspecified atom stereocenters. The zero-order valence-corrected chi connectivity index (χ0v) is 7.78. The Hall–Kier alpha value is -1.85. The van der Waals surface area contributed by atoms with E-state index >= 15 is 0 Å². The minimum atomic E-state index is -0.655. The van der Waals surface area contributed by atoms with Crippen LogP contribution in [0.5, 0.6) is 0 Å². The van der Waals surface area contributed by atoms with Gasteiger partial charge in [-0.05, 0) is 6.92 Å². The molecule has 6 nitrogen and oxygen atoms in total. The molecular formula is C8H12N2O4. The van der Waals surface area contributed by atoms with Gasteiger partial charge >= 0.3 is 5.97 Å². The number of ether oxygens (including phenoxy) is 1. The Morgan fingerprint density at radius 2 is 2.07 bits per heavy atom. The smallest absolute Gasteiger partial charge is 0.330 e. The van der Waals surface area contributed by atoms with Crippen LogP contribution in [-0.2, 0) is 19.1 Å². The monoisotopic (exact) mass is 200 g/mol. The molecule has 0 bridgehead atoms. The standard InChI is InChI=1S/C8H12N2O4/c1-2-3-8(13)14-5-7(12)10-4-6(9)11/h2-3H,4-5H2,1H3,(H2,9,11)(H,10,12)/b3-2+. The van der Waals surface area contributed by atoms with Gasteiger partial charge in [-0.15, -0.1) is 0 Å². The van der Waals surface area contributed by atoms with Crippen molar-refractivity contribution in [2.75, 3.05) is 13.2 Å². The largest absolute Gasteiger partial charge is 0.452 e. The molecular weight excluding hydrogens is 188 g/mol. The highest BCUT2D eigenvalue weighted by Crippen LogP contribution is 1.81. The summed E-state index contributed by atoms with van der Waals surface area (Å²) in [6, 6.07) is 0. The predicted molar refractivity (Wildman–Crippen MR) is 48.0 cm³/mol. The van der Waals surface area contributed by atoms with Crippen molar-refractivity contribution in [3.63, 3.8) is 0 Å². The van der Waals surface area contributed by atoms with Crippen LogP contribution in [0.25, 0.3) is 0 Å². The molecule has 0 saturated heterocycles. The van der Waals surface area contributed by atoms with Crippen molar-refractivity contribution >= 4 is 17.8 Å². The van der Waals surface area contributed by atoms with Crippen molar-refractivity contribution < 1.29 is 19.1 Å². The molecule has 0 saturated carbocycles. The van der Waals surface area contributed by atoms with Crippen molar-refractivity contribution in [2.24, 2.45) is 5.73 Å². The summed E-state index contributed by atoms with van der Waals surface area (Å²) >= 11 is 0. The summed E-state index contributed by atoms with van der Waals surface area (Å²) in [7, 11) is 0. The number of carbonyl (C=O) groups excluding carboxylic acids is 3. The summed E-state index contributed by atoms with van der Waals surface area (Å²) in [5.41, 5.74) is 4.77. The fourth-order valence-corrected chi connectivity index (χ4v) is 0.558. The van der Waals surface area contributed by atoms with Gasteiger partial charge in [-0.3, -0.25) is 9.59 Å². The Bertz CT molecular complexity index is 260. The number of hydrogen-bond acceptors (Lipinski definition) is 4. The molecule has 0 rings (SSSR count). The lowest BCUT2D eigenvalue weighted by molar-refractivity contribution is -0.143. The Morgan fingerprint density at radius 3 is 2.57 bits per heavy atom. The molecule has 0 heterocycles. The number of nitrogens with two attached hydrogens (primary N) is 1. The van der Waals surface area contributed by atoms with E-state index in [0.29, 0.717) is 0 Å². The molecule has 0 aliphatic heterocycles. The third kappa shape index (κ3) is 6.84. The van der Waals surface area contributed by atoms with Crippen molar-refractivity contribution in [2.45, 2.75) is 6.92 Å². The summed E-state index contributed by atoms with van der Waals surface area (Å²) < 4.78 is 4.49. The minimum Gasteiger partial charge on any atom is -0.452 e. The summed E-state index contributed by atoms with van der Waals surface area (Å²) in [6.45, 7) is 0.963. The van der Waals surface area contributed by atoms with E-state index in [1.807, 2.05) is 0 Å². The maximum Gasteiger partial charge on any atom is 0.330 e. The fraction of sp³-hybridized carbons (Fsp3) is 0.375. The number of carbonyl (C=O) groups is 3. The molecule has 0 fully saturated rings. The van der Waals surface area contributed by atoms with Crippen LogP contribution in [0.1, 0.15) is 6.92 Å². The first-order valence-electron chi connectivity index (χ1n) is 3.90. The molecule has 0 aromatic carbocycles. The molecule has 6 heteroatoms. The van der Waals surface area contributed by atoms with Crippen LogP contribution in [0.15, 0.2) is 12.2 Å². The lowest BCUT2D eigenvalue weighted by atomic mass is 10.5. The average Bonchev–Trinajstić information content (AvgIpc) is 2.12. The van der Waals surface area contributed by atoms with E-state index in [1.54, 1.807) is 6.92 Å². The number of nitrogens with one attached hydrogen (secondary N) is 1. The quantitative estimate of drug-likeness (QED) is 0.426. The number of primary amides is 1. The van der Waals surface area contributed by atoms with Gasteiger partial charge in [-0.2, -0.15) is 0 Å². The molecule has 0 radical (unpaired) electrons. The van der Waals surface area contributed by atoms with E-state index in [1.165, 1.54) is 12.2 Å². The van der Waals surface area contributed by atoms with Gasteiger partial charge in [0, 0.05) is 6.08 Å². The predicted octanol–water partition coefficient (Wildman–Crippen LogP) is -1.29. The number of allylic oxidation sites excluding steroid dienone is 1. The molecule has 0 aromatic heterocycles. The highest BCUT2D eigenvalue weighted by molar-refractivity contribution is 5.87. The Balaban J connectivity index is 3.64. The van der Waals surface area contributed by atoms with Gasteiger partial charge in [0.25, 0.3) is 5.91 Å². The third-order valence-corrected chi connectivity index (χ3v) is 1.11. The molecule has 14 heavy (non-hydrogen) atoms. The Morgan fingerprint density at radius 1 is 1.43 bits per heavy atom. The fourth-order valence-electron chi connectivity index (χ4n) is 0.558. The third-order valence-electron chi connectivity index (χ3n) is 1.11. The van der Waals surface area contributed by atoms with Crippen LogP contribution in [0.3, 0.4) is 0 Å². The lowest BCUT2D eigenvalue weighted by Gasteiger charge is -2.02. The van der Waals surface area contributed by atoms with E-state index in [0.717, 1.165) is 0 Å². The summed E-state index contributed by atoms with van der Waals surface area (Å²) in [5.74, 6) is -1.83. The lowest BCUT2D eigenvalue weighted by Crippen LogP contribution is -2.35. The van der Waals surface area contributed by atoms with Crippen LogP contribution in [0.2, 0.25) is 0 Å². The van der Waals surface area contributed by atoms with E-state index in [4.69, 9.17) is 5.73 Å². The molecule has 0 spiro atoms. The van der Waals surface area contributed by atoms with Crippen LogP contribution in [-0.4, -0.2) is 30.9 Å². The SMILES string of the molecule is C/C=C/C(=O)OCC(=O)NCC(N)=O. The topological polar surface area (TPSA) is 98.5 Å². The number of rotatable bonds is 5. The van der Waals surface area contributed by atoms with Crippen LogP contribution in [0.4, 0.5) is 0 Å². The van der Waals surface area contributed by atoms with Gasteiger partial charge in [0.05, 0.1) is 6.54 Å². The maximum atomic E-state index is 10.8. The zero-order chi connectivity index (χ0) is 11.0. The summed E-state index contributed by atoms with van der Waals surface area (Å²) in [4.78, 5) is 31.8. The average molecular weight is 200 g/mol. The molecule has 0 aliphatic carbocycles. The molecule has 3 N–H and O–H groups in total. The van der Waals surface area contributed by atoms with Gasteiger partial charge in [0.15, 0.2) is 6.61 Å². The second-order valence-corrected chi connectivity index (χ2v) is 2.35. The van der Waals surface area contributed by atoms with E-state index in [-0.39, 0.29) is 6.54 Å². The normalized spacial score (nSPS) is 9.79. The van der Waals surface area contributed by atoms with Crippen molar-refractivity contribution in [1.29, 1.82) is 0 Å². The second-order valence-electron chi connectivity index (χ2n) is 2.35. The zero-order valence-electron chi connectivity index (χ0n) is 7.78. The van der Waals surface area contributed by atoms with Crippen molar-refractivity contribution in [1.82, 2.24) is 5.32 Å². The first-order valence-corrected chi connectivity index (χ1v) is 3.90. The first kappa shape index (κ1) is 12.2. The van der Waals surface area contributed by atoms with E-state index in [2.05, 4.69) is 10.1 Å². The summed E-state index contributed by atoms with van der Waals surface area (Å²) in [5, 5.41) is 2.16. The van der Waals surface area contributed by atoms with Gasteiger partial charge in [-0.25, -0.2) is 4.79 Å².